The highest BCUT2D eigenvalue weighted by Gasteiger charge is 2.22. The number of nitrogens with zero attached hydrogens (tertiary/aromatic N) is 4. The van der Waals surface area contributed by atoms with Crippen molar-refractivity contribution < 1.29 is 0 Å². The number of rotatable bonds is 3. The molecule has 3 rings (SSSR count). The van der Waals surface area contributed by atoms with Crippen molar-refractivity contribution in [1.82, 2.24) is 14.8 Å². The van der Waals surface area contributed by atoms with Gasteiger partial charge in [-0.3, -0.25) is 0 Å². The molecule has 2 aromatic rings. The molecule has 5 nitrogen and oxygen atoms in total. The Morgan fingerprint density at radius 1 is 1.35 bits per heavy atom. The van der Waals surface area contributed by atoms with E-state index in [9.17, 15) is 0 Å². The number of nitrogens with two attached hydrogens (primary N) is 1. The van der Waals surface area contributed by atoms with Crippen molar-refractivity contribution in [2.75, 3.05) is 25.5 Å². The van der Waals surface area contributed by atoms with E-state index in [0.717, 1.165) is 43.1 Å². The summed E-state index contributed by atoms with van der Waals surface area (Å²) in [6.45, 7) is 1.66. The van der Waals surface area contributed by atoms with E-state index in [2.05, 4.69) is 43.9 Å². The zero-order valence-electron chi connectivity index (χ0n) is 12.1. The fourth-order valence-electron chi connectivity index (χ4n) is 2.72. The van der Waals surface area contributed by atoms with Gasteiger partial charge in [0.15, 0.2) is 5.82 Å². The van der Waals surface area contributed by atoms with Gasteiger partial charge in [-0.25, -0.2) is 0 Å². The standard InChI is InChI=1S/C15H21N5/c1-19(2)13-5-3-4-12(8-13)15-18-17-14-7-6-11(9-16)10-20(14)15/h3-5,8,11H,6-7,9-10,16H2,1-2H3. The van der Waals surface area contributed by atoms with E-state index < -0.39 is 0 Å². The molecule has 2 N–H and O–H groups in total. The van der Waals surface area contributed by atoms with Gasteiger partial charge in [0.2, 0.25) is 0 Å². The molecule has 1 aromatic carbocycles. The number of hydrogen-bond acceptors (Lipinski definition) is 4. The average molecular weight is 271 g/mol. The largest absolute Gasteiger partial charge is 0.378 e. The molecule has 1 unspecified atom stereocenters. The summed E-state index contributed by atoms with van der Waals surface area (Å²) < 4.78 is 2.23. The summed E-state index contributed by atoms with van der Waals surface area (Å²) in [5.41, 5.74) is 8.11. The van der Waals surface area contributed by atoms with Gasteiger partial charge in [-0.15, -0.1) is 10.2 Å². The van der Waals surface area contributed by atoms with Crippen LogP contribution in [0.3, 0.4) is 0 Å². The van der Waals surface area contributed by atoms with Crippen molar-refractivity contribution in [1.29, 1.82) is 0 Å². The number of benzene rings is 1. The first-order valence-electron chi connectivity index (χ1n) is 7.09. The third kappa shape index (κ3) is 2.29. The van der Waals surface area contributed by atoms with E-state index in [1.165, 1.54) is 5.69 Å². The minimum Gasteiger partial charge on any atom is -0.378 e. The summed E-state index contributed by atoms with van der Waals surface area (Å²) in [6.07, 6.45) is 2.09. The summed E-state index contributed by atoms with van der Waals surface area (Å²) in [5, 5.41) is 8.73. The maximum atomic E-state index is 5.82. The lowest BCUT2D eigenvalue weighted by molar-refractivity contribution is 0.375. The molecular weight excluding hydrogens is 250 g/mol. The minimum atomic E-state index is 0.536. The Morgan fingerprint density at radius 3 is 2.95 bits per heavy atom. The number of anilines is 1. The Kier molecular flexibility index (Phi) is 3.44. The average Bonchev–Trinajstić information content (AvgIpc) is 2.90. The Labute approximate surface area is 119 Å². The second-order valence-electron chi connectivity index (χ2n) is 5.64. The van der Waals surface area contributed by atoms with Crippen LogP contribution >= 0.6 is 0 Å². The number of hydrogen-bond donors (Lipinski definition) is 1. The van der Waals surface area contributed by atoms with Crippen molar-refractivity contribution in [3.8, 4) is 11.4 Å². The van der Waals surface area contributed by atoms with Crippen molar-refractivity contribution >= 4 is 5.69 Å². The van der Waals surface area contributed by atoms with Crippen LogP contribution in [0.15, 0.2) is 24.3 Å². The maximum absolute atomic E-state index is 5.82. The molecule has 2 heterocycles. The molecular formula is C15H21N5. The van der Waals surface area contributed by atoms with Gasteiger partial charge in [0.05, 0.1) is 0 Å². The first-order valence-corrected chi connectivity index (χ1v) is 7.09. The van der Waals surface area contributed by atoms with Gasteiger partial charge in [-0.2, -0.15) is 0 Å². The van der Waals surface area contributed by atoms with Gasteiger partial charge >= 0.3 is 0 Å². The number of aryl methyl sites for hydroxylation is 1. The third-order valence-electron chi connectivity index (χ3n) is 4.00. The predicted octanol–water partition coefficient (Wildman–Crippen LogP) is 1.53. The van der Waals surface area contributed by atoms with Crippen LogP contribution in [0.5, 0.6) is 0 Å². The van der Waals surface area contributed by atoms with Crippen LogP contribution < -0.4 is 10.6 Å². The highest BCUT2D eigenvalue weighted by atomic mass is 15.3. The van der Waals surface area contributed by atoms with Crippen LogP contribution in [0.1, 0.15) is 12.2 Å². The molecule has 0 fully saturated rings. The van der Waals surface area contributed by atoms with Crippen LogP contribution in [0.4, 0.5) is 5.69 Å². The normalized spacial score (nSPS) is 17.9. The van der Waals surface area contributed by atoms with Crippen LogP contribution in [0.2, 0.25) is 0 Å². The molecule has 0 spiro atoms. The van der Waals surface area contributed by atoms with Gasteiger partial charge < -0.3 is 15.2 Å². The molecule has 0 saturated carbocycles. The van der Waals surface area contributed by atoms with Gasteiger partial charge in [0.1, 0.15) is 5.82 Å². The van der Waals surface area contributed by atoms with Crippen LogP contribution in [0.25, 0.3) is 11.4 Å². The summed E-state index contributed by atoms with van der Waals surface area (Å²) in [5.74, 6) is 2.58. The summed E-state index contributed by atoms with van der Waals surface area (Å²) >= 11 is 0. The first-order chi connectivity index (χ1) is 9.69. The highest BCUT2D eigenvalue weighted by Crippen LogP contribution is 2.27. The monoisotopic (exact) mass is 271 g/mol. The SMILES string of the molecule is CN(C)c1cccc(-c2nnc3n2CC(CN)CC3)c1. The number of aromatic nitrogens is 3. The maximum Gasteiger partial charge on any atom is 0.164 e. The van der Waals surface area contributed by atoms with Crippen LogP contribution in [-0.2, 0) is 13.0 Å². The Bertz CT molecular complexity index is 602. The number of fused-ring (bicyclic) bond motifs is 1. The molecule has 0 aliphatic carbocycles. The Balaban J connectivity index is 1.99. The second-order valence-corrected chi connectivity index (χ2v) is 5.64. The highest BCUT2D eigenvalue weighted by molar-refractivity contribution is 5.63. The zero-order chi connectivity index (χ0) is 14.1. The van der Waals surface area contributed by atoms with E-state index >= 15 is 0 Å². The Hall–Kier alpha value is -1.88. The van der Waals surface area contributed by atoms with Crippen molar-refractivity contribution in [2.24, 2.45) is 11.7 Å². The summed E-state index contributed by atoms with van der Waals surface area (Å²) in [7, 11) is 4.09. The van der Waals surface area contributed by atoms with Crippen LogP contribution in [0, 0.1) is 5.92 Å². The molecule has 1 atom stereocenters. The quantitative estimate of drug-likeness (QED) is 0.919. The molecule has 0 amide bonds. The van der Waals surface area contributed by atoms with Crippen molar-refractivity contribution in [3.63, 3.8) is 0 Å². The molecule has 5 heteroatoms. The van der Waals surface area contributed by atoms with E-state index in [1.54, 1.807) is 0 Å². The fourth-order valence-corrected chi connectivity index (χ4v) is 2.72. The van der Waals surface area contributed by atoms with E-state index in [0.29, 0.717) is 5.92 Å². The minimum absolute atomic E-state index is 0.536. The molecule has 1 aromatic heterocycles. The molecule has 0 radical (unpaired) electrons. The lowest BCUT2D eigenvalue weighted by atomic mass is 9.99. The fraction of sp³-hybridized carbons (Fsp3) is 0.467. The molecule has 0 bridgehead atoms. The van der Waals surface area contributed by atoms with E-state index in [-0.39, 0.29) is 0 Å². The molecule has 20 heavy (non-hydrogen) atoms. The first kappa shape index (κ1) is 13.1. The molecule has 106 valence electrons. The Morgan fingerprint density at radius 2 is 2.20 bits per heavy atom. The van der Waals surface area contributed by atoms with Gasteiger partial charge in [0.25, 0.3) is 0 Å². The topological polar surface area (TPSA) is 60.0 Å². The molecule has 1 aliphatic rings. The van der Waals surface area contributed by atoms with Gasteiger partial charge in [0, 0.05) is 38.3 Å². The summed E-state index contributed by atoms with van der Waals surface area (Å²) in [6, 6.07) is 8.41. The lowest BCUT2D eigenvalue weighted by Gasteiger charge is -2.23. The van der Waals surface area contributed by atoms with Gasteiger partial charge in [-0.1, -0.05) is 12.1 Å². The van der Waals surface area contributed by atoms with E-state index in [4.69, 9.17) is 5.73 Å². The smallest absolute Gasteiger partial charge is 0.164 e. The van der Waals surface area contributed by atoms with E-state index in [1.807, 2.05) is 14.1 Å². The zero-order valence-corrected chi connectivity index (χ0v) is 12.1. The van der Waals surface area contributed by atoms with Gasteiger partial charge in [-0.05, 0) is 31.0 Å². The van der Waals surface area contributed by atoms with Crippen molar-refractivity contribution in [2.45, 2.75) is 19.4 Å². The molecule has 0 saturated heterocycles. The lowest BCUT2D eigenvalue weighted by Crippen LogP contribution is -2.26. The summed E-state index contributed by atoms with van der Waals surface area (Å²) in [4.78, 5) is 2.10. The molecule has 1 aliphatic heterocycles. The third-order valence-corrected chi connectivity index (χ3v) is 4.00. The van der Waals surface area contributed by atoms with Crippen molar-refractivity contribution in [3.05, 3.63) is 30.1 Å². The second kappa shape index (κ2) is 5.25. The van der Waals surface area contributed by atoms with Crippen LogP contribution in [-0.4, -0.2) is 35.4 Å². The predicted molar refractivity (Wildman–Crippen MR) is 80.7 cm³/mol.